The zero-order valence-corrected chi connectivity index (χ0v) is 10.4. The number of nitrogens with one attached hydrogen (secondary N) is 2. The number of aliphatic hydroxyl groups is 1. The van der Waals surface area contributed by atoms with Crippen LogP contribution in [0.5, 0.6) is 5.75 Å². The molecule has 5 nitrogen and oxygen atoms in total. The fourth-order valence-electron chi connectivity index (χ4n) is 1.33. The van der Waals surface area contributed by atoms with Crippen molar-refractivity contribution in [2.75, 3.05) is 25.5 Å². The summed E-state index contributed by atoms with van der Waals surface area (Å²) in [5.74, 6) is 0.202. The van der Waals surface area contributed by atoms with Crippen LogP contribution in [-0.4, -0.2) is 43.7 Å². The lowest BCUT2D eigenvalue weighted by Gasteiger charge is -2.11. The van der Waals surface area contributed by atoms with E-state index in [0.29, 0.717) is 11.4 Å². The molecule has 1 atom stereocenters. The number of benzene rings is 1. The molecule has 7 heteroatoms. The first-order valence-electron chi connectivity index (χ1n) is 5.63. The Bertz CT molecular complexity index is 416. The van der Waals surface area contributed by atoms with Crippen molar-refractivity contribution in [3.8, 4) is 5.75 Å². The Labute approximate surface area is 109 Å². The normalized spacial score (nSPS) is 12.3. The van der Waals surface area contributed by atoms with Gasteiger partial charge in [-0.2, -0.15) is 0 Å². The Hall–Kier alpha value is -1.73. The third-order valence-electron chi connectivity index (χ3n) is 2.28. The Kier molecular flexibility index (Phi) is 6.17. The van der Waals surface area contributed by atoms with Crippen LogP contribution in [0.25, 0.3) is 0 Å². The molecule has 0 aliphatic carbocycles. The summed E-state index contributed by atoms with van der Waals surface area (Å²) >= 11 is 0. The second-order valence-corrected chi connectivity index (χ2v) is 3.81. The topological polar surface area (TPSA) is 70.6 Å². The zero-order valence-electron chi connectivity index (χ0n) is 10.4. The van der Waals surface area contributed by atoms with Gasteiger partial charge in [-0.1, -0.05) is 6.07 Å². The SMILES string of the molecule is COc1cccc(NC(=O)CNCC(O)C(F)F)c1. The van der Waals surface area contributed by atoms with Crippen molar-refractivity contribution in [2.24, 2.45) is 0 Å². The second-order valence-electron chi connectivity index (χ2n) is 3.81. The van der Waals surface area contributed by atoms with E-state index < -0.39 is 18.4 Å². The minimum absolute atomic E-state index is 0.166. The number of ether oxygens (including phenoxy) is 1. The molecule has 0 heterocycles. The molecule has 1 aromatic carbocycles. The third-order valence-corrected chi connectivity index (χ3v) is 2.28. The number of methoxy groups -OCH3 is 1. The molecular weight excluding hydrogens is 258 g/mol. The van der Waals surface area contributed by atoms with Crippen LogP contribution in [0.4, 0.5) is 14.5 Å². The summed E-state index contributed by atoms with van der Waals surface area (Å²) in [4.78, 5) is 11.5. The van der Waals surface area contributed by atoms with Crippen LogP contribution in [0.3, 0.4) is 0 Å². The summed E-state index contributed by atoms with van der Waals surface area (Å²) in [6.45, 7) is -0.510. The van der Waals surface area contributed by atoms with Crippen LogP contribution >= 0.6 is 0 Å². The summed E-state index contributed by atoms with van der Waals surface area (Å²) in [5.41, 5.74) is 0.542. The van der Waals surface area contributed by atoms with Gasteiger partial charge in [0, 0.05) is 18.3 Å². The van der Waals surface area contributed by atoms with E-state index in [1.165, 1.54) is 7.11 Å². The van der Waals surface area contributed by atoms with E-state index >= 15 is 0 Å². The number of carbonyl (C=O) groups excluding carboxylic acids is 1. The maximum atomic E-state index is 12.0. The zero-order chi connectivity index (χ0) is 14.3. The number of anilines is 1. The van der Waals surface area contributed by atoms with E-state index in [4.69, 9.17) is 9.84 Å². The maximum absolute atomic E-state index is 12.0. The molecule has 1 rings (SSSR count). The first kappa shape index (κ1) is 15.3. The number of halogens is 2. The van der Waals surface area contributed by atoms with Crippen LogP contribution in [0, 0.1) is 0 Å². The summed E-state index contributed by atoms with van der Waals surface area (Å²) in [6, 6.07) is 6.75. The fraction of sp³-hybridized carbons (Fsp3) is 0.417. The number of hydrogen-bond donors (Lipinski definition) is 3. The number of hydrogen-bond acceptors (Lipinski definition) is 4. The molecular formula is C12H16F2N2O3. The molecule has 0 aromatic heterocycles. The summed E-state index contributed by atoms with van der Waals surface area (Å²) in [5, 5.41) is 13.8. The van der Waals surface area contributed by atoms with E-state index in [0.717, 1.165) is 0 Å². The number of carbonyl (C=O) groups is 1. The minimum atomic E-state index is -2.83. The predicted molar refractivity (Wildman–Crippen MR) is 66.5 cm³/mol. The third kappa shape index (κ3) is 5.62. The van der Waals surface area contributed by atoms with Gasteiger partial charge in [-0.05, 0) is 12.1 Å². The molecule has 19 heavy (non-hydrogen) atoms. The maximum Gasteiger partial charge on any atom is 0.265 e. The quantitative estimate of drug-likeness (QED) is 0.689. The van der Waals surface area contributed by atoms with Gasteiger partial charge in [0.25, 0.3) is 6.43 Å². The molecule has 0 radical (unpaired) electrons. The highest BCUT2D eigenvalue weighted by molar-refractivity contribution is 5.92. The van der Waals surface area contributed by atoms with Crippen molar-refractivity contribution in [1.29, 1.82) is 0 Å². The van der Waals surface area contributed by atoms with Gasteiger partial charge in [0.2, 0.25) is 5.91 Å². The van der Waals surface area contributed by atoms with Crippen LogP contribution in [0.2, 0.25) is 0 Å². The molecule has 3 N–H and O–H groups in total. The largest absolute Gasteiger partial charge is 0.497 e. The summed E-state index contributed by atoms with van der Waals surface area (Å²) in [6.07, 6.45) is -4.60. The van der Waals surface area contributed by atoms with Crippen molar-refractivity contribution in [2.45, 2.75) is 12.5 Å². The van der Waals surface area contributed by atoms with Crippen LogP contribution in [-0.2, 0) is 4.79 Å². The molecule has 106 valence electrons. The second kappa shape index (κ2) is 7.65. The number of aliphatic hydroxyl groups excluding tert-OH is 1. The van der Waals surface area contributed by atoms with Crippen LogP contribution in [0.1, 0.15) is 0 Å². The highest BCUT2D eigenvalue weighted by Gasteiger charge is 2.16. The van der Waals surface area contributed by atoms with E-state index in [9.17, 15) is 13.6 Å². The Morgan fingerprint density at radius 3 is 2.84 bits per heavy atom. The van der Waals surface area contributed by atoms with E-state index in [2.05, 4.69) is 10.6 Å². The van der Waals surface area contributed by atoms with E-state index in [1.807, 2.05) is 0 Å². The van der Waals surface area contributed by atoms with E-state index in [-0.39, 0.29) is 13.1 Å². The molecule has 1 aromatic rings. The van der Waals surface area contributed by atoms with Gasteiger partial charge < -0.3 is 20.5 Å². The number of alkyl halides is 2. The monoisotopic (exact) mass is 274 g/mol. The van der Waals surface area contributed by atoms with Gasteiger partial charge in [-0.15, -0.1) is 0 Å². The van der Waals surface area contributed by atoms with Gasteiger partial charge in [-0.3, -0.25) is 4.79 Å². The smallest absolute Gasteiger partial charge is 0.265 e. The Balaban J connectivity index is 2.34. The van der Waals surface area contributed by atoms with Crippen molar-refractivity contribution in [3.63, 3.8) is 0 Å². The van der Waals surface area contributed by atoms with Crippen molar-refractivity contribution in [1.82, 2.24) is 5.32 Å². The van der Waals surface area contributed by atoms with Gasteiger partial charge in [0.1, 0.15) is 11.9 Å². The highest BCUT2D eigenvalue weighted by atomic mass is 19.3. The molecule has 0 aliphatic heterocycles. The van der Waals surface area contributed by atoms with Crippen molar-refractivity contribution >= 4 is 11.6 Å². The summed E-state index contributed by atoms with van der Waals surface area (Å²) in [7, 11) is 1.51. The first-order valence-corrected chi connectivity index (χ1v) is 5.63. The molecule has 1 unspecified atom stereocenters. The minimum Gasteiger partial charge on any atom is -0.497 e. The average molecular weight is 274 g/mol. The van der Waals surface area contributed by atoms with Gasteiger partial charge >= 0.3 is 0 Å². The summed E-state index contributed by atoms with van der Waals surface area (Å²) < 4.78 is 28.9. The lowest BCUT2D eigenvalue weighted by atomic mass is 10.3. The molecule has 0 aliphatic rings. The van der Waals surface area contributed by atoms with Gasteiger partial charge in [0.15, 0.2) is 0 Å². The van der Waals surface area contributed by atoms with Crippen LogP contribution in [0.15, 0.2) is 24.3 Å². The predicted octanol–water partition coefficient (Wildman–Crippen LogP) is 0.849. The lowest BCUT2D eigenvalue weighted by Crippen LogP contribution is -2.36. The molecule has 0 spiro atoms. The van der Waals surface area contributed by atoms with Crippen molar-refractivity contribution in [3.05, 3.63) is 24.3 Å². The molecule has 0 saturated carbocycles. The van der Waals surface area contributed by atoms with Crippen LogP contribution < -0.4 is 15.4 Å². The van der Waals surface area contributed by atoms with Gasteiger partial charge in [0.05, 0.1) is 13.7 Å². The molecule has 1 amide bonds. The number of amides is 1. The number of rotatable bonds is 7. The molecule has 0 bridgehead atoms. The fourth-order valence-corrected chi connectivity index (χ4v) is 1.33. The standard InChI is InChI=1S/C12H16F2N2O3/c1-19-9-4-2-3-8(5-9)16-11(18)7-15-6-10(17)12(13)14/h2-5,10,12,15,17H,6-7H2,1H3,(H,16,18). The highest BCUT2D eigenvalue weighted by Crippen LogP contribution is 2.16. The Morgan fingerprint density at radius 2 is 2.21 bits per heavy atom. The lowest BCUT2D eigenvalue weighted by molar-refractivity contribution is -0.115. The average Bonchev–Trinajstić information content (AvgIpc) is 2.38. The molecule has 0 saturated heterocycles. The van der Waals surface area contributed by atoms with Crippen molar-refractivity contribution < 1.29 is 23.4 Å². The van der Waals surface area contributed by atoms with Gasteiger partial charge in [-0.25, -0.2) is 8.78 Å². The molecule has 0 fully saturated rings. The Morgan fingerprint density at radius 1 is 1.47 bits per heavy atom. The van der Waals surface area contributed by atoms with E-state index in [1.54, 1.807) is 24.3 Å². The first-order chi connectivity index (χ1) is 9.02.